The van der Waals surface area contributed by atoms with Crippen molar-refractivity contribution in [2.45, 2.75) is 24.8 Å². The zero-order chi connectivity index (χ0) is 21.1. The molecule has 30 heavy (non-hydrogen) atoms. The van der Waals surface area contributed by atoms with Crippen LogP contribution in [0.25, 0.3) is 0 Å². The fourth-order valence-corrected chi connectivity index (χ4v) is 4.17. The lowest BCUT2D eigenvalue weighted by atomic mass is 9.88. The fraction of sp³-hybridized carbons (Fsp3) is 0.429. The van der Waals surface area contributed by atoms with E-state index in [0.29, 0.717) is 26.3 Å². The summed E-state index contributed by atoms with van der Waals surface area (Å²) in [6, 6.07) is 9.14. The number of hydrogen-bond acceptors (Lipinski definition) is 7. The van der Waals surface area contributed by atoms with E-state index < -0.39 is 17.4 Å². The van der Waals surface area contributed by atoms with Crippen LogP contribution in [-0.2, 0) is 25.5 Å². The van der Waals surface area contributed by atoms with Gasteiger partial charge in [-0.3, -0.25) is 14.4 Å². The maximum atomic E-state index is 13.8. The Morgan fingerprint density at radius 1 is 1.20 bits per heavy atom. The molecule has 2 N–H and O–H groups in total. The van der Waals surface area contributed by atoms with Crippen molar-refractivity contribution in [1.29, 1.82) is 0 Å². The van der Waals surface area contributed by atoms with Gasteiger partial charge in [0.1, 0.15) is 0 Å². The van der Waals surface area contributed by atoms with Gasteiger partial charge >= 0.3 is 0 Å². The van der Waals surface area contributed by atoms with E-state index in [0.717, 1.165) is 23.3 Å². The van der Waals surface area contributed by atoms with Crippen LogP contribution < -0.4 is 10.6 Å². The third kappa shape index (κ3) is 4.14. The Kier molecular flexibility index (Phi) is 5.94. The van der Waals surface area contributed by atoms with Crippen molar-refractivity contribution in [3.05, 3.63) is 47.5 Å². The number of imide groups is 1. The molecule has 2 fully saturated rings. The first-order valence-electron chi connectivity index (χ1n) is 9.98. The molecule has 0 spiro atoms. The number of rotatable bonds is 6. The van der Waals surface area contributed by atoms with Crippen LogP contribution in [0, 0.1) is 5.92 Å². The van der Waals surface area contributed by atoms with E-state index in [1.54, 1.807) is 10.3 Å². The highest BCUT2D eigenvalue weighted by Gasteiger charge is 2.51. The van der Waals surface area contributed by atoms with E-state index in [2.05, 4.69) is 4.98 Å². The van der Waals surface area contributed by atoms with E-state index in [-0.39, 0.29) is 23.4 Å². The molecule has 1 atom stereocenters. The van der Waals surface area contributed by atoms with Gasteiger partial charge < -0.3 is 15.4 Å². The van der Waals surface area contributed by atoms with Crippen molar-refractivity contribution in [3.8, 4) is 0 Å². The second-order valence-corrected chi connectivity index (χ2v) is 8.48. The first-order chi connectivity index (χ1) is 14.5. The predicted octanol–water partition coefficient (Wildman–Crippen LogP) is 1.21. The van der Waals surface area contributed by atoms with Crippen LogP contribution in [0.2, 0.25) is 0 Å². The number of anilines is 1. The maximum absolute atomic E-state index is 13.8. The van der Waals surface area contributed by atoms with Crippen LogP contribution in [0.15, 0.2) is 41.9 Å². The van der Waals surface area contributed by atoms with Crippen molar-refractivity contribution < 1.29 is 19.1 Å². The van der Waals surface area contributed by atoms with Gasteiger partial charge in [0.05, 0.1) is 13.2 Å². The molecule has 0 unspecified atom stereocenters. The molecule has 1 aliphatic heterocycles. The topological polar surface area (TPSA) is 106 Å². The molecule has 1 saturated carbocycles. The standard InChI is InChI=1S/C21H24N4O4S/c22-21(14-15-4-2-1-3-5-15,18(27)24-9-11-29-12-10-24)19(28)25(17(26)16-6-7-16)20-23-8-13-30-20/h1-5,8,13,16H,6-7,9-12,14,22H2/t21-/m1/s1. The monoisotopic (exact) mass is 428 g/mol. The zero-order valence-corrected chi connectivity index (χ0v) is 17.3. The smallest absolute Gasteiger partial charge is 0.265 e. The summed E-state index contributed by atoms with van der Waals surface area (Å²) in [6.45, 7) is 1.48. The summed E-state index contributed by atoms with van der Waals surface area (Å²) in [5.41, 5.74) is 5.44. The average Bonchev–Trinajstić information content (AvgIpc) is 3.50. The van der Waals surface area contributed by atoms with Crippen LogP contribution in [0.3, 0.4) is 0 Å². The molecule has 0 bridgehead atoms. The van der Waals surface area contributed by atoms with Crippen molar-refractivity contribution in [1.82, 2.24) is 9.88 Å². The van der Waals surface area contributed by atoms with Crippen LogP contribution in [-0.4, -0.2) is 59.4 Å². The molecule has 1 aliphatic carbocycles. The van der Waals surface area contributed by atoms with Crippen LogP contribution in [0.5, 0.6) is 0 Å². The third-order valence-corrected chi connectivity index (χ3v) is 6.10. The molecular formula is C21H24N4O4S. The van der Waals surface area contributed by atoms with Gasteiger partial charge in [0.15, 0.2) is 10.7 Å². The van der Waals surface area contributed by atoms with Gasteiger partial charge in [-0.05, 0) is 18.4 Å². The van der Waals surface area contributed by atoms with E-state index in [9.17, 15) is 14.4 Å². The van der Waals surface area contributed by atoms with Gasteiger partial charge in [-0.2, -0.15) is 0 Å². The Hall–Kier alpha value is -2.62. The molecule has 3 amide bonds. The van der Waals surface area contributed by atoms with Gasteiger partial charge in [-0.1, -0.05) is 30.3 Å². The van der Waals surface area contributed by atoms with Crippen molar-refractivity contribution in [2.75, 3.05) is 31.2 Å². The molecule has 2 heterocycles. The lowest BCUT2D eigenvalue weighted by Crippen LogP contribution is -2.67. The lowest BCUT2D eigenvalue weighted by Gasteiger charge is -2.37. The highest BCUT2D eigenvalue weighted by molar-refractivity contribution is 7.14. The molecule has 9 heteroatoms. The maximum Gasteiger partial charge on any atom is 0.265 e. The number of thiazole rings is 1. The summed E-state index contributed by atoms with van der Waals surface area (Å²) in [6.07, 6.45) is 2.96. The molecule has 2 aromatic rings. The van der Waals surface area contributed by atoms with E-state index >= 15 is 0 Å². The van der Waals surface area contributed by atoms with Crippen LogP contribution in [0.4, 0.5) is 5.13 Å². The number of nitrogens with zero attached hydrogens (tertiary/aromatic N) is 3. The van der Waals surface area contributed by atoms with Gasteiger partial charge in [0.25, 0.3) is 11.8 Å². The Balaban J connectivity index is 1.71. The van der Waals surface area contributed by atoms with E-state index in [4.69, 9.17) is 10.5 Å². The van der Waals surface area contributed by atoms with Crippen molar-refractivity contribution >= 4 is 34.2 Å². The number of amides is 3. The van der Waals surface area contributed by atoms with Crippen LogP contribution in [0.1, 0.15) is 18.4 Å². The summed E-state index contributed by atoms with van der Waals surface area (Å²) >= 11 is 1.18. The number of morpholine rings is 1. The molecule has 1 saturated heterocycles. The average molecular weight is 429 g/mol. The molecule has 4 rings (SSSR count). The molecule has 158 valence electrons. The van der Waals surface area contributed by atoms with Gasteiger partial charge in [-0.25, -0.2) is 9.88 Å². The minimum absolute atomic E-state index is 0.0112. The lowest BCUT2D eigenvalue weighted by molar-refractivity contribution is -0.146. The summed E-state index contributed by atoms with van der Waals surface area (Å²) in [5.74, 6) is -1.79. The first-order valence-corrected chi connectivity index (χ1v) is 10.9. The molecule has 1 aromatic heterocycles. The predicted molar refractivity (Wildman–Crippen MR) is 112 cm³/mol. The molecule has 1 aromatic carbocycles. The minimum Gasteiger partial charge on any atom is -0.378 e. The molecule has 8 nitrogen and oxygen atoms in total. The Bertz CT molecular complexity index is 910. The quantitative estimate of drug-likeness (QED) is 0.694. The normalized spacial score (nSPS) is 18.5. The number of aromatic nitrogens is 1. The van der Waals surface area contributed by atoms with Crippen molar-refractivity contribution in [2.24, 2.45) is 11.7 Å². The third-order valence-electron chi connectivity index (χ3n) is 5.35. The minimum atomic E-state index is -1.92. The number of ether oxygens (including phenoxy) is 1. The SMILES string of the molecule is N[C@](Cc1ccccc1)(C(=O)N1CCOCC1)C(=O)N(C(=O)C1CC1)c1nccs1. The summed E-state index contributed by atoms with van der Waals surface area (Å²) in [4.78, 5) is 47.1. The first kappa shape index (κ1) is 20.6. The number of nitrogens with two attached hydrogens (primary N) is 1. The zero-order valence-electron chi connectivity index (χ0n) is 16.5. The highest BCUT2D eigenvalue weighted by atomic mass is 32.1. The molecule has 2 aliphatic rings. The Morgan fingerprint density at radius 3 is 2.50 bits per heavy atom. The van der Waals surface area contributed by atoms with Crippen LogP contribution >= 0.6 is 11.3 Å². The van der Waals surface area contributed by atoms with E-state index in [1.165, 1.54) is 17.5 Å². The Labute approximate surface area is 178 Å². The Morgan fingerprint density at radius 2 is 1.90 bits per heavy atom. The highest BCUT2D eigenvalue weighted by Crippen LogP contribution is 2.35. The molecule has 0 radical (unpaired) electrons. The number of carbonyl (C=O) groups is 3. The summed E-state index contributed by atoms with van der Waals surface area (Å²) in [5, 5.41) is 1.93. The molecular weight excluding hydrogens is 404 g/mol. The van der Waals surface area contributed by atoms with E-state index in [1.807, 2.05) is 30.3 Å². The fourth-order valence-electron chi connectivity index (χ4n) is 3.53. The number of hydrogen-bond donors (Lipinski definition) is 1. The second-order valence-electron chi connectivity index (χ2n) is 7.61. The number of carbonyl (C=O) groups excluding carboxylic acids is 3. The van der Waals surface area contributed by atoms with Gasteiger partial charge in [0.2, 0.25) is 5.91 Å². The largest absolute Gasteiger partial charge is 0.378 e. The number of benzene rings is 1. The summed E-state index contributed by atoms with van der Waals surface area (Å²) < 4.78 is 5.33. The van der Waals surface area contributed by atoms with Gasteiger partial charge in [-0.15, -0.1) is 11.3 Å². The second kappa shape index (κ2) is 8.63. The van der Waals surface area contributed by atoms with Crippen molar-refractivity contribution in [3.63, 3.8) is 0 Å². The van der Waals surface area contributed by atoms with Gasteiger partial charge in [0, 0.05) is 37.0 Å². The summed E-state index contributed by atoms with van der Waals surface area (Å²) in [7, 11) is 0.